The van der Waals surface area contributed by atoms with Crippen molar-refractivity contribution in [2.75, 3.05) is 12.4 Å². The highest BCUT2D eigenvalue weighted by Crippen LogP contribution is 2.33. The van der Waals surface area contributed by atoms with Crippen LogP contribution in [0.5, 0.6) is 5.75 Å². The number of carbonyl (C=O) groups excluding carboxylic acids is 1. The van der Waals surface area contributed by atoms with E-state index in [0.29, 0.717) is 40.7 Å². The number of anilines is 1. The molecule has 0 spiro atoms. The topological polar surface area (TPSA) is 149 Å². The summed E-state index contributed by atoms with van der Waals surface area (Å²) in [6.07, 6.45) is 4.13. The summed E-state index contributed by atoms with van der Waals surface area (Å²) in [4.78, 5) is 35.2. The third kappa shape index (κ3) is 5.27. The number of hydrogen-bond donors (Lipinski definition) is 3. The minimum absolute atomic E-state index is 0.0420. The molecule has 1 fully saturated rings. The van der Waals surface area contributed by atoms with Crippen molar-refractivity contribution < 1.29 is 19.4 Å². The molecule has 12 heteroatoms. The largest absolute Gasteiger partial charge is 0.495 e. The number of carbonyl (C=O) groups is 1. The maximum Gasteiger partial charge on any atom is 0.249 e. The van der Waals surface area contributed by atoms with E-state index in [-0.39, 0.29) is 18.4 Å². The lowest BCUT2D eigenvalue weighted by Gasteiger charge is -2.18. The fraction of sp³-hybridized carbons (Fsp3) is 0.385. The Morgan fingerprint density at radius 2 is 2.11 bits per heavy atom. The number of aliphatic hydroxyl groups is 1. The smallest absolute Gasteiger partial charge is 0.249 e. The summed E-state index contributed by atoms with van der Waals surface area (Å²) < 4.78 is 13.0. The molecule has 38 heavy (non-hydrogen) atoms. The summed E-state index contributed by atoms with van der Waals surface area (Å²) in [6, 6.07) is 5.67. The third-order valence-corrected chi connectivity index (χ3v) is 6.12. The Balaban J connectivity index is 1.54. The van der Waals surface area contributed by atoms with Gasteiger partial charge >= 0.3 is 0 Å². The number of rotatable bonds is 8. The van der Waals surface area contributed by atoms with E-state index in [0.717, 1.165) is 11.3 Å². The highest BCUT2D eigenvalue weighted by Gasteiger charge is 2.40. The highest BCUT2D eigenvalue weighted by atomic mass is 16.5. The molecular weight excluding hydrogens is 488 g/mol. The average molecular weight is 519 g/mol. The molecule has 0 bridgehead atoms. The number of aromatic nitrogens is 6. The SMILES string of the molecule is COc1cncc(-c2nc(NCc3cc(C)ccn3)c3ncn([C@@H]4O[C@H](C(=O)NC(C)C)C[C@H]4O)c3n2)c1. The van der Waals surface area contributed by atoms with Crippen molar-refractivity contribution >= 4 is 22.9 Å². The van der Waals surface area contributed by atoms with E-state index in [4.69, 9.17) is 19.4 Å². The van der Waals surface area contributed by atoms with E-state index in [9.17, 15) is 9.90 Å². The average Bonchev–Trinajstić information content (AvgIpc) is 3.50. The summed E-state index contributed by atoms with van der Waals surface area (Å²) >= 11 is 0. The number of fused-ring (bicyclic) bond motifs is 1. The Kier molecular flexibility index (Phi) is 7.16. The zero-order chi connectivity index (χ0) is 26.8. The molecule has 4 aromatic rings. The zero-order valence-corrected chi connectivity index (χ0v) is 21.6. The van der Waals surface area contributed by atoms with E-state index in [1.165, 1.54) is 0 Å². The monoisotopic (exact) mass is 518 g/mol. The van der Waals surface area contributed by atoms with Crippen LogP contribution < -0.4 is 15.4 Å². The predicted octanol–water partition coefficient (Wildman–Crippen LogP) is 2.39. The lowest BCUT2D eigenvalue weighted by Crippen LogP contribution is -2.38. The van der Waals surface area contributed by atoms with Gasteiger partial charge in [0.2, 0.25) is 5.91 Å². The second-order valence-electron chi connectivity index (χ2n) is 9.49. The van der Waals surface area contributed by atoms with Gasteiger partial charge in [0.1, 0.15) is 18.0 Å². The van der Waals surface area contributed by atoms with Crippen molar-refractivity contribution in [1.29, 1.82) is 0 Å². The van der Waals surface area contributed by atoms with Crippen molar-refractivity contribution in [2.24, 2.45) is 0 Å². The van der Waals surface area contributed by atoms with E-state index in [2.05, 4.69) is 25.6 Å². The van der Waals surface area contributed by atoms with Crippen LogP contribution in [0.25, 0.3) is 22.6 Å². The first-order valence-electron chi connectivity index (χ1n) is 12.4. The number of aryl methyl sites for hydroxylation is 1. The molecule has 1 saturated heterocycles. The normalized spacial score (nSPS) is 19.2. The minimum atomic E-state index is -0.930. The van der Waals surface area contributed by atoms with Crippen LogP contribution in [-0.2, 0) is 16.1 Å². The first kappa shape index (κ1) is 25.5. The summed E-state index contributed by atoms with van der Waals surface area (Å²) in [7, 11) is 1.56. The third-order valence-electron chi connectivity index (χ3n) is 6.12. The summed E-state index contributed by atoms with van der Waals surface area (Å²) in [5.74, 6) is 1.16. The van der Waals surface area contributed by atoms with Gasteiger partial charge in [0.25, 0.3) is 0 Å². The number of hydrogen-bond acceptors (Lipinski definition) is 10. The van der Waals surface area contributed by atoms with Crippen molar-refractivity contribution in [3.63, 3.8) is 0 Å². The molecule has 198 valence electrons. The predicted molar refractivity (Wildman–Crippen MR) is 139 cm³/mol. The fourth-order valence-corrected chi connectivity index (χ4v) is 4.33. The number of nitrogens with one attached hydrogen (secondary N) is 2. The van der Waals surface area contributed by atoms with Crippen molar-refractivity contribution in [2.45, 2.75) is 58.2 Å². The van der Waals surface area contributed by atoms with E-state index < -0.39 is 18.4 Å². The Labute approximate surface area is 219 Å². The molecule has 5 rings (SSSR count). The molecule has 1 aliphatic heterocycles. The van der Waals surface area contributed by atoms with Crippen LogP contribution in [0.4, 0.5) is 5.82 Å². The van der Waals surface area contributed by atoms with E-state index in [1.54, 1.807) is 42.7 Å². The van der Waals surface area contributed by atoms with E-state index in [1.807, 2.05) is 32.9 Å². The van der Waals surface area contributed by atoms with Gasteiger partial charge in [-0.3, -0.25) is 19.3 Å². The molecule has 0 aliphatic carbocycles. The van der Waals surface area contributed by atoms with Crippen LogP contribution in [0.15, 0.2) is 43.1 Å². The number of aliphatic hydroxyl groups excluding tert-OH is 1. The molecule has 0 saturated carbocycles. The number of methoxy groups -OCH3 is 1. The zero-order valence-electron chi connectivity index (χ0n) is 21.6. The number of imidazole rings is 1. The molecule has 5 heterocycles. The molecule has 3 atom stereocenters. The first-order valence-corrected chi connectivity index (χ1v) is 12.4. The van der Waals surface area contributed by atoms with Gasteiger partial charge in [-0.2, -0.15) is 0 Å². The van der Waals surface area contributed by atoms with Gasteiger partial charge in [-0.1, -0.05) is 0 Å². The van der Waals surface area contributed by atoms with Crippen LogP contribution in [0.2, 0.25) is 0 Å². The lowest BCUT2D eigenvalue weighted by molar-refractivity contribution is -0.135. The van der Waals surface area contributed by atoms with Gasteiger partial charge in [-0.05, 0) is 44.5 Å². The molecular formula is C26H30N8O4. The van der Waals surface area contributed by atoms with Crippen molar-refractivity contribution in [3.05, 3.63) is 54.4 Å². The van der Waals surface area contributed by atoms with Crippen molar-refractivity contribution in [3.8, 4) is 17.1 Å². The second kappa shape index (κ2) is 10.7. The Bertz CT molecular complexity index is 1460. The summed E-state index contributed by atoms with van der Waals surface area (Å²) in [5.41, 5.74) is 3.50. The van der Waals surface area contributed by atoms with Gasteiger partial charge in [0.05, 0.1) is 31.9 Å². The molecule has 0 unspecified atom stereocenters. The van der Waals surface area contributed by atoms with Gasteiger partial charge in [0.15, 0.2) is 29.0 Å². The quantitative estimate of drug-likeness (QED) is 0.317. The Morgan fingerprint density at radius 3 is 2.87 bits per heavy atom. The van der Waals surface area contributed by atoms with Crippen LogP contribution in [0.3, 0.4) is 0 Å². The molecule has 1 amide bonds. The molecule has 0 radical (unpaired) electrons. The van der Waals surface area contributed by atoms with Gasteiger partial charge < -0.3 is 25.2 Å². The van der Waals surface area contributed by atoms with E-state index >= 15 is 0 Å². The van der Waals surface area contributed by atoms with Crippen LogP contribution >= 0.6 is 0 Å². The van der Waals surface area contributed by atoms with Crippen molar-refractivity contribution in [1.82, 2.24) is 34.8 Å². The standard InChI is InChI=1S/C26H30N8O4/c1-14(2)31-25(36)20-9-19(35)26(38-20)34-13-30-21-23(29-11-17-7-15(3)5-6-28-17)32-22(33-24(21)34)16-8-18(37-4)12-27-10-16/h5-8,10,12-14,19-20,26,35H,9,11H2,1-4H3,(H,31,36)(H,29,32,33)/t19-,20+,26-/m1/s1. The first-order chi connectivity index (χ1) is 18.3. The molecule has 3 N–H and O–H groups in total. The second-order valence-corrected chi connectivity index (χ2v) is 9.49. The molecule has 0 aromatic carbocycles. The Hall–Kier alpha value is -4.16. The minimum Gasteiger partial charge on any atom is -0.495 e. The number of nitrogens with zero attached hydrogens (tertiary/aromatic N) is 6. The fourth-order valence-electron chi connectivity index (χ4n) is 4.33. The summed E-state index contributed by atoms with van der Waals surface area (Å²) in [6.45, 7) is 6.16. The van der Waals surface area contributed by atoms with Crippen LogP contribution in [0.1, 0.15) is 37.8 Å². The molecule has 12 nitrogen and oxygen atoms in total. The number of ether oxygens (including phenoxy) is 2. The number of amides is 1. The highest BCUT2D eigenvalue weighted by molar-refractivity contribution is 5.85. The van der Waals surface area contributed by atoms with Gasteiger partial charge in [0, 0.05) is 30.4 Å². The summed E-state index contributed by atoms with van der Waals surface area (Å²) in [5, 5.41) is 17.0. The van der Waals surface area contributed by atoms with Gasteiger partial charge in [-0.15, -0.1) is 0 Å². The molecule has 4 aromatic heterocycles. The maximum atomic E-state index is 12.5. The lowest BCUT2D eigenvalue weighted by atomic mass is 10.2. The number of pyridine rings is 2. The van der Waals surface area contributed by atoms with Gasteiger partial charge in [-0.25, -0.2) is 15.0 Å². The maximum absolute atomic E-state index is 12.5. The molecule has 1 aliphatic rings. The van der Waals surface area contributed by atoms with Crippen LogP contribution in [-0.4, -0.2) is 65.9 Å². The van der Waals surface area contributed by atoms with Crippen LogP contribution in [0, 0.1) is 6.92 Å². The Morgan fingerprint density at radius 1 is 1.26 bits per heavy atom.